The molecule has 1 aromatic rings. The van der Waals surface area contributed by atoms with Crippen LogP contribution in [-0.2, 0) is 0 Å². The molecule has 2 N–H and O–H groups in total. The molecule has 0 aliphatic rings. The van der Waals surface area contributed by atoms with Crippen molar-refractivity contribution in [1.29, 1.82) is 0 Å². The molecule has 4 nitrogen and oxygen atoms in total. The Hall–Kier alpha value is -1.42. The zero-order valence-corrected chi connectivity index (χ0v) is 11.1. The summed E-state index contributed by atoms with van der Waals surface area (Å²) in [6.07, 6.45) is 0.000648. The van der Waals surface area contributed by atoms with Gasteiger partial charge in [0.2, 0.25) is 0 Å². The minimum atomic E-state index is 0.000648. The Morgan fingerprint density at radius 2 is 1.88 bits per heavy atom. The second-order valence-electron chi connectivity index (χ2n) is 3.85. The number of nitrogens with zero attached hydrogens (tertiary/aromatic N) is 1. The van der Waals surface area contributed by atoms with Gasteiger partial charge in [0.1, 0.15) is 6.23 Å². The van der Waals surface area contributed by atoms with Crippen molar-refractivity contribution in [2.24, 2.45) is 0 Å². The summed E-state index contributed by atoms with van der Waals surface area (Å²) in [4.78, 5) is 2.21. The van der Waals surface area contributed by atoms with E-state index in [0.29, 0.717) is 17.2 Å². The van der Waals surface area contributed by atoms with Gasteiger partial charge < -0.3 is 15.2 Å². The van der Waals surface area contributed by atoms with E-state index in [1.54, 1.807) is 19.2 Å². The van der Waals surface area contributed by atoms with Gasteiger partial charge in [-0.3, -0.25) is 4.90 Å². The van der Waals surface area contributed by atoms with Crippen molar-refractivity contribution in [1.82, 2.24) is 4.90 Å². The van der Waals surface area contributed by atoms with Gasteiger partial charge in [0.05, 0.1) is 7.11 Å². The summed E-state index contributed by atoms with van der Waals surface area (Å²) in [5.41, 5.74) is 6.42. The molecule has 1 unspecified atom stereocenters. The van der Waals surface area contributed by atoms with E-state index in [9.17, 15) is 0 Å². The second-order valence-corrected chi connectivity index (χ2v) is 3.85. The van der Waals surface area contributed by atoms with Gasteiger partial charge in [0.15, 0.2) is 11.5 Å². The molecule has 96 valence electrons. The molecule has 0 aromatic heterocycles. The van der Waals surface area contributed by atoms with Crippen LogP contribution in [0.2, 0.25) is 0 Å². The van der Waals surface area contributed by atoms with Gasteiger partial charge in [0.25, 0.3) is 0 Å². The van der Waals surface area contributed by atoms with Crippen LogP contribution in [0.4, 0.5) is 5.69 Å². The minimum absolute atomic E-state index is 0.000648. The summed E-state index contributed by atoms with van der Waals surface area (Å²) < 4.78 is 11.1. The van der Waals surface area contributed by atoms with Crippen LogP contribution in [0.3, 0.4) is 0 Å². The maximum atomic E-state index is 5.88. The largest absolute Gasteiger partial charge is 0.493 e. The first-order valence-corrected chi connectivity index (χ1v) is 5.96. The van der Waals surface area contributed by atoms with E-state index in [4.69, 9.17) is 15.2 Å². The zero-order chi connectivity index (χ0) is 12.8. The molecular weight excluding hydrogens is 216 g/mol. The molecule has 0 fully saturated rings. The second kappa shape index (κ2) is 6.35. The van der Waals surface area contributed by atoms with Gasteiger partial charge >= 0.3 is 0 Å². The summed E-state index contributed by atoms with van der Waals surface area (Å²) in [6.45, 7) is 8.14. The predicted molar refractivity (Wildman–Crippen MR) is 70.4 cm³/mol. The first-order chi connectivity index (χ1) is 8.12. The van der Waals surface area contributed by atoms with Crippen LogP contribution in [0.25, 0.3) is 0 Å². The monoisotopic (exact) mass is 238 g/mol. The Kier molecular flexibility index (Phi) is 5.10. The highest BCUT2D eigenvalue weighted by atomic mass is 16.5. The van der Waals surface area contributed by atoms with E-state index in [-0.39, 0.29) is 6.23 Å². The molecule has 0 saturated carbocycles. The predicted octanol–water partition coefficient (Wildman–Crippen LogP) is 2.34. The molecule has 0 aliphatic heterocycles. The molecule has 0 radical (unpaired) electrons. The number of hydrogen-bond acceptors (Lipinski definition) is 4. The van der Waals surface area contributed by atoms with Crippen LogP contribution in [0.15, 0.2) is 18.2 Å². The number of nitrogens with two attached hydrogens (primary N) is 1. The fourth-order valence-electron chi connectivity index (χ4n) is 1.78. The van der Waals surface area contributed by atoms with Crippen LogP contribution >= 0.6 is 0 Å². The van der Waals surface area contributed by atoms with Gasteiger partial charge in [0, 0.05) is 11.8 Å². The maximum absolute atomic E-state index is 5.88. The zero-order valence-electron chi connectivity index (χ0n) is 11.1. The van der Waals surface area contributed by atoms with E-state index >= 15 is 0 Å². The van der Waals surface area contributed by atoms with Crippen LogP contribution in [0, 0.1) is 0 Å². The van der Waals surface area contributed by atoms with Gasteiger partial charge in [-0.15, -0.1) is 0 Å². The fourth-order valence-corrected chi connectivity index (χ4v) is 1.78. The smallest absolute Gasteiger partial charge is 0.165 e. The van der Waals surface area contributed by atoms with Crippen molar-refractivity contribution in [3.05, 3.63) is 18.2 Å². The highest BCUT2D eigenvalue weighted by Crippen LogP contribution is 2.30. The van der Waals surface area contributed by atoms with Crippen LogP contribution in [0.1, 0.15) is 20.8 Å². The summed E-state index contributed by atoms with van der Waals surface area (Å²) in [6, 6.07) is 5.41. The third kappa shape index (κ3) is 3.53. The maximum Gasteiger partial charge on any atom is 0.165 e. The van der Waals surface area contributed by atoms with Crippen molar-refractivity contribution < 1.29 is 9.47 Å². The van der Waals surface area contributed by atoms with Crippen molar-refractivity contribution in [2.45, 2.75) is 27.0 Å². The van der Waals surface area contributed by atoms with Gasteiger partial charge in [-0.1, -0.05) is 13.8 Å². The average molecular weight is 238 g/mol. The third-order valence-electron chi connectivity index (χ3n) is 2.81. The fraction of sp³-hybridized carbons (Fsp3) is 0.538. The van der Waals surface area contributed by atoms with E-state index in [2.05, 4.69) is 18.7 Å². The van der Waals surface area contributed by atoms with Gasteiger partial charge in [-0.2, -0.15) is 0 Å². The molecule has 4 heteroatoms. The number of ether oxygens (including phenoxy) is 2. The highest BCUT2D eigenvalue weighted by Gasteiger charge is 2.14. The number of nitrogen functional groups attached to an aromatic ring is 1. The van der Waals surface area contributed by atoms with E-state index in [1.165, 1.54) is 0 Å². The summed E-state index contributed by atoms with van der Waals surface area (Å²) >= 11 is 0. The average Bonchev–Trinajstić information content (AvgIpc) is 2.31. The Morgan fingerprint density at radius 1 is 1.24 bits per heavy atom. The standard InChI is InChI=1S/C13H22N2O2/c1-5-15(6-2)10(3)17-13-9-11(14)7-8-12(13)16-4/h7-10H,5-6,14H2,1-4H3. The summed E-state index contributed by atoms with van der Waals surface area (Å²) in [7, 11) is 1.63. The summed E-state index contributed by atoms with van der Waals surface area (Å²) in [5, 5.41) is 0. The molecule has 0 saturated heterocycles. The van der Waals surface area contributed by atoms with E-state index in [0.717, 1.165) is 13.1 Å². The van der Waals surface area contributed by atoms with Crippen molar-refractivity contribution >= 4 is 5.69 Å². The Bertz CT molecular complexity index is 351. The number of rotatable bonds is 6. The molecule has 0 spiro atoms. The van der Waals surface area contributed by atoms with Gasteiger partial charge in [-0.05, 0) is 32.1 Å². The lowest BCUT2D eigenvalue weighted by atomic mass is 10.3. The molecule has 0 aliphatic carbocycles. The molecule has 17 heavy (non-hydrogen) atoms. The normalized spacial score (nSPS) is 12.5. The lowest BCUT2D eigenvalue weighted by Crippen LogP contribution is -2.36. The molecule has 0 amide bonds. The van der Waals surface area contributed by atoms with Crippen LogP contribution in [-0.4, -0.2) is 31.3 Å². The van der Waals surface area contributed by atoms with E-state index < -0.39 is 0 Å². The van der Waals surface area contributed by atoms with Crippen LogP contribution in [0.5, 0.6) is 11.5 Å². The summed E-state index contributed by atoms with van der Waals surface area (Å²) in [5.74, 6) is 1.39. The quantitative estimate of drug-likeness (QED) is 0.610. The first-order valence-electron chi connectivity index (χ1n) is 5.96. The number of benzene rings is 1. The minimum Gasteiger partial charge on any atom is -0.493 e. The molecule has 1 aromatic carbocycles. The van der Waals surface area contributed by atoms with E-state index in [1.807, 2.05) is 13.0 Å². The molecule has 1 rings (SSSR count). The Morgan fingerprint density at radius 3 is 2.41 bits per heavy atom. The van der Waals surface area contributed by atoms with Gasteiger partial charge in [-0.25, -0.2) is 0 Å². The lowest BCUT2D eigenvalue weighted by molar-refractivity contribution is 0.0459. The highest BCUT2D eigenvalue weighted by molar-refractivity contribution is 5.51. The Balaban J connectivity index is 2.82. The van der Waals surface area contributed by atoms with Crippen molar-refractivity contribution in [3.63, 3.8) is 0 Å². The number of methoxy groups -OCH3 is 1. The SMILES string of the molecule is CCN(CC)C(C)Oc1cc(N)ccc1OC. The Labute approximate surface area is 103 Å². The van der Waals surface area contributed by atoms with Crippen molar-refractivity contribution in [3.8, 4) is 11.5 Å². The topological polar surface area (TPSA) is 47.7 Å². The van der Waals surface area contributed by atoms with Crippen molar-refractivity contribution in [2.75, 3.05) is 25.9 Å². The molecule has 0 bridgehead atoms. The number of anilines is 1. The van der Waals surface area contributed by atoms with Crippen LogP contribution < -0.4 is 15.2 Å². The first kappa shape index (κ1) is 13.6. The third-order valence-corrected chi connectivity index (χ3v) is 2.81. The molecule has 0 heterocycles. The molecular formula is C13H22N2O2. The molecule has 1 atom stereocenters. The number of hydrogen-bond donors (Lipinski definition) is 1. The lowest BCUT2D eigenvalue weighted by Gasteiger charge is -2.27.